The van der Waals surface area contributed by atoms with Crippen LogP contribution in [-0.4, -0.2) is 38.8 Å². The van der Waals surface area contributed by atoms with E-state index in [1.807, 2.05) is 6.92 Å². The van der Waals surface area contributed by atoms with Gasteiger partial charge in [-0.15, -0.1) is 11.3 Å². The number of aryl methyl sites for hydroxylation is 1. The Morgan fingerprint density at radius 1 is 1.23 bits per heavy atom. The lowest BCUT2D eigenvalue weighted by molar-refractivity contribution is -0.141. The van der Waals surface area contributed by atoms with Gasteiger partial charge in [-0.05, 0) is 49.4 Å². The molecule has 3 aromatic heterocycles. The van der Waals surface area contributed by atoms with Crippen molar-refractivity contribution in [3.8, 4) is 10.6 Å². The van der Waals surface area contributed by atoms with E-state index < -0.39 is 11.9 Å². The van der Waals surface area contributed by atoms with Gasteiger partial charge in [-0.2, -0.15) is 13.2 Å². The molecule has 1 aliphatic rings. The van der Waals surface area contributed by atoms with Crippen LogP contribution in [0.25, 0.3) is 10.6 Å². The summed E-state index contributed by atoms with van der Waals surface area (Å²) in [7, 11) is 0. The van der Waals surface area contributed by atoms with Gasteiger partial charge in [0.2, 0.25) is 0 Å². The van der Waals surface area contributed by atoms with Gasteiger partial charge in [0, 0.05) is 30.9 Å². The molecule has 1 saturated heterocycles. The summed E-state index contributed by atoms with van der Waals surface area (Å²) in [6, 6.07) is 7.96. The number of nitrogens with zero attached hydrogens (tertiary/aromatic N) is 4. The Morgan fingerprint density at radius 2 is 2.07 bits per heavy atom. The Kier molecular flexibility index (Phi) is 5.55. The Bertz CT molecular complexity index is 1040. The van der Waals surface area contributed by atoms with E-state index in [0.717, 1.165) is 11.8 Å². The number of carbonyl (C=O) groups is 1. The molecular formula is C21H19F3N4OS. The fourth-order valence-electron chi connectivity index (χ4n) is 3.49. The molecule has 0 aromatic carbocycles. The summed E-state index contributed by atoms with van der Waals surface area (Å²) < 4.78 is 40.4. The van der Waals surface area contributed by atoms with Crippen molar-refractivity contribution in [1.82, 2.24) is 19.9 Å². The summed E-state index contributed by atoms with van der Waals surface area (Å²) in [5.41, 5.74) is 0.572. The maximum Gasteiger partial charge on any atom is 0.433 e. The molecule has 5 nitrogen and oxygen atoms in total. The Morgan fingerprint density at radius 3 is 2.73 bits per heavy atom. The lowest BCUT2D eigenvalue weighted by Crippen LogP contribution is -2.39. The van der Waals surface area contributed by atoms with E-state index in [0.29, 0.717) is 29.8 Å². The number of hydrogen-bond acceptors (Lipinski definition) is 5. The van der Waals surface area contributed by atoms with E-state index in [2.05, 4.69) is 15.0 Å². The highest BCUT2D eigenvalue weighted by Crippen LogP contribution is 2.34. The molecule has 0 aliphatic carbocycles. The van der Waals surface area contributed by atoms with Crippen LogP contribution in [0.1, 0.15) is 46.3 Å². The first-order valence-electron chi connectivity index (χ1n) is 9.53. The molecule has 0 unspecified atom stereocenters. The largest absolute Gasteiger partial charge is 0.433 e. The molecular weight excluding hydrogens is 413 g/mol. The van der Waals surface area contributed by atoms with Crippen LogP contribution in [0.3, 0.4) is 0 Å². The van der Waals surface area contributed by atoms with E-state index in [9.17, 15) is 18.0 Å². The molecule has 1 fully saturated rings. The van der Waals surface area contributed by atoms with E-state index >= 15 is 0 Å². The van der Waals surface area contributed by atoms with Gasteiger partial charge in [0.25, 0.3) is 5.91 Å². The second-order valence-electron chi connectivity index (χ2n) is 7.25. The van der Waals surface area contributed by atoms with Gasteiger partial charge in [0.1, 0.15) is 11.5 Å². The smallest absolute Gasteiger partial charge is 0.338 e. The monoisotopic (exact) mass is 432 g/mol. The minimum Gasteiger partial charge on any atom is -0.338 e. The van der Waals surface area contributed by atoms with Gasteiger partial charge in [-0.25, -0.2) is 9.97 Å². The van der Waals surface area contributed by atoms with Crippen LogP contribution in [-0.2, 0) is 6.18 Å². The predicted molar refractivity (Wildman–Crippen MR) is 107 cm³/mol. The molecule has 0 N–H and O–H groups in total. The number of thiophene rings is 1. The predicted octanol–water partition coefficient (Wildman–Crippen LogP) is 4.95. The fourth-order valence-corrected chi connectivity index (χ4v) is 4.18. The average molecular weight is 432 g/mol. The molecule has 0 spiro atoms. The van der Waals surface area contributed by atoms with Gasteiger partial charge in [0.15, 0.2) is 0 Å². The Labute approximate surface area is 175 Å². The minimum absolute atomic E-state index is 0.132. The third-order valence-corrected chi connectivity index (χ3v) is 5.93. The molecule has 156 valence electrons. The quantitative estimate of drug-likeness (QED) is 0.588. The fraction of sp³-hybridized carbons (Fsp3) is 0.333. The Balaban J connectivity index is 1.63. The maximum absolute atomic E-state index is 13.5. The van der Waals surface area contributed by atoms with Gasteiger partial charge < -0.3 is 4.90 Å². The van der Waals surface area contributed by atoms with Crippen LogP contribution in [0.2, 0.25) is 0 Å². The van der Waals surface area contributed by atoms with Crippen molar-refractivity contribution in [1.29, 1.82) is 0 Å². The molecule has 1 amide bonds. The highest BCUT2D eigenvalue weighted by atomic mass is 32.1. The van der Waals surface area contributed by atoms with Crippen LogP contribution < -0.4 is 0 Å². The number of pyridine rings is 1. The van der Waals surface area contributed by atoms with Gasteiger partial charge >= 0.3 is 6.18 Å². The number of likely N-dealkylation sites (tertiary alicyclic amines) is 1. The zero-order valence-corrected chi connectivity index (χ0v) is 17.0. The maximum atomic E-state index is 13.5. The molecule has 0 radical (unpaired) electrons. The molecule has 1 atom stereocenters. The lowest BCUT2D eigenvalue weighted by atomic mass is 9.96. The van der Waals surface area contributed by atoms with Crippen LogP contribution in [0, 0.1) is 6.92 Å². The average Bonchev–Trinajstić information content (AvgIpc) is 3.28. The van der Waals surface area contributed by atoms with Crippen molar-refractivity contribution >= 4 is 17.2 Å². The highest BCUT2D eigenvalue weighted by Gasteiger charge is 2.35. The first-order chi connectivity index (χ1) is 14.3. The summed E-state index contributed by atoms with van der Waals surface area (Å²) in [6.45, 7) is 2.65. The first-order valence-corrected chi connectivity index (χ1v) is 10.4. The summed E-state index contributed by atoms with van der Waals surface area (Å²) in [6.07, 6.45) is -1.75. The highest BCUT2D eigenvalue weighted by molar-refractivity contribution is 7.13. The summed E-state index contributed by atoms with van der Waals surface area (Å²) in [5, 5.41) is 1.79. The Hall–Kier alpha value is -2.81. The van der Waals surface area contributed by atoms with Gasteiger partial charge in [-0.1, -0.05) is 6.07 Å². The van der Waals surface area contributed by atoms with Crippen LogP contribution in [0.5, 0.6) is 0 Å². The van der Waals surface area contributed by atoms with Crippen molar-refractivity contribution in [3.63, 3.8) is 0 Å². The summed E-state index contributed by atoms with van der Waals surface area (Å²) in [4.78, 5) is 27.6. The molecule has 4 heterocycles. The topological polar surface area (TPSA) is 59.0 Å². The third-order valence-electron chi connectivity index (χ3n) is 5.04. The van der Waals surface area contributed by atoms with Crippen LogP contribution in [0.4, 0.5) is 13.2 Å². The van der Waals surface area contributed by atoms with Crippen LogP contribution in [0.15, 0.2) is 41.9 Å². The molecule has 9 heteroatoms. The number of carbonyl (C=O) groups excluding carboxylic acids is 1. The number of hydrogen-bond donors (Lipinski definition) is 0. The second kappa shape index (κ2) is 8.14. The molecule has 3 aromatic rings. The third kappa shape index (κ3) is 4.35. The van der Waals surface area contributed by atoms with Crippen molar-refractivity contribution in [2.75, 3.05) is 13.1 Å². The molecule has 0 bridgehead atoms. The molecule has 0 saturated carbocycles. The van der Waals surface area contributed by atoms with Crippen molar-refractivity contribution in [3.05, 3.63) is 64.7 Å². The van der Waals surface area contributed by atoms with Gasteiger partial charge in [-0.3, -0.25) is 9.78 Å². The number of rotatable bonds is 3. The van der Waals surface area contributed by atoms with E-state index in [4.69, 9.17) is 0 Å². The van der Waals surface area contributed by atoms with E-state index in [1.165, 1.54) is 17.5 Å². The number of amides is 1. The molecule has 4 rings (SSSR count). The van der Waals surface area contributed by atoms with E-state index in [1.54, 1.807) is 34.5 Å². The summed E-state index contributed by atoms with van der Waals surface area (Å²) >= 11 is 1.33. The normalized spacial score (nSPS) is 17.2. The zero-order chi connectivity index (χ0) is 21.3. The standard InChI is InChI=1S/C21H19F3N4OS/c1-13-6-7-14(11-25-13)20(29)28-8-2-4-15(12-28)19-26-16(17-5-3-9-30-17)10-18(27-19)21(22,23)24/h3,5-7,9-11,15H,2,4,8,12H2,1H3/t15-/m1/s1. The lowest BCUT2D eigenvalue weighted by Gasteiger charge is -2.32. The minimum atomic E-state index is -4.57. The first kappa shape index (κ1) is 20.5. The second-order valence-corrected chi connectivity index (χ2v) is 8.20. The molecule has 30 heavy (non-hydrogen) atoms. The number of alkyl halides is 3. The number of aromatic nitrogens is 3. The number of halogens is 3. The zero-order valence-electron chi connectivity index (χ0n) is 16.2. The molecule has 1 aliphatic heterocycles. The number of piperidine rings is 1. The van der Waals surface area contributed by atoms with Crippen molar-refractivity contribution in [2.45, 2.75) is 31.9 Å². The van der Waals surface area contributed by atoms with Crippen molar-refractivity contribution < 1.29 is 18.0 Å². The van der Waals surface area contributed by atoms with Gasteiger partial charge in [0.05, 0.1) is 16.1 Å². The van der Waals surface area contributed by atoms with Crippen molar-refractivity contribution in [2.24, 2.45) is 0 Å². The SMILES string of the molecule is Cc1ccc(C(=O)N2CCC[C@@H](c3nc(-c4cccs4)cc(C(F)(F)F)n3)C2)cn1. The summed E-state index contributed by atoms with van der Waals surface area (Å²) in [5.74, 6) is -0.410. The van der Waals surface area contributed by atoms with E-state index in [-0.39, 0.29) is 29.9 Å². The van der Waals surface area contributed by atoms with Crippen LogP contribution >= 0.6 is 11.3 Å².